The highest BCUT2D eigenvalue weighted by molar-refractivity contribution is 6.05. The lowest BCUT2D eigenvalue weighted by atomic mass is 10.1. The van der Waals surface area contributed by atoms with Crippen LogP contribution in [0, 0.1) is 11.8 Å². The van der Waals surface area contributed by atoms with Gasteiger partial charge in [0.15, 0.2) is 0 Å². The third kappa shape index (κ3) is 3.60. The number of rotatable bonds is 3. The maximum Gasteiger partial charge on any atom is 0.259 e. The lowest BCUT2D eigenvalue weighted by molar-refractivity contribution is 0.102. The molecule has 1 aromatic heterocycles. The molecule has 0 aliphatic rings. The number of nitrogens with one attached hydrogen (secondary N) is 1. The highest BCUT2D eigenvalue weighted by Gasteiger charge is 2.10. The van der Waals surface area contributed by atoms with Gasteiger partial charge in [0.1, 0.15) is 0 Å². The third-order valence-electron chi connectivity index (χ3n) is 2.34. The fraction of sp³-hybridized carbons (Fsp3) is 0.143. The zero-order valence-corrected chi connectivity index (χ0v) is 10.6. The van der Waals surface area contributed by atoms with Crippen LogP contribution in [-0.2, 0) is 0 Å². The second-order valence-electron chi connectivity index (χ2n) is 3.74. The van der Waals surface area contributed by atoms with Gasteiger partial charge in [0.25, 0.3) is 5.91 Å². The van der Waals surface area contributed by atoms with Gasteiger partial charge in [-0.3, -0.25) is 10.1 Å². The fourth-order valence-corrected chi connectivity index (χ4v) is 1.48. The van der Waals surface area contributed by atoms with Crippen molar-refractivity contribution >= 4 is 11.9 Å². The van der Waals surface area contributed by atoms with Gasteiger partial charge in [-0.2, -0.15) is 5.10 Å². The lowest BCUT2D eigenvalue weighted by Crippen LogP contribution is -2.15. The van der Waals surface area contributed by atoms with Crippen LogP contribution in [0.5, 0.6) is 0 Å². The molecule has 1 heterocycles. The van der Waals surface area contributed by atoms with Crippen molar-refractivity contribution in [2.45, 2.75) is 6.42 Å². The smallest absolute Gasteiger partial charge is 0.259 e. The molecule has 1 aromatic carbocycles. The molecule has 0 saturated carbocycles. The van der Waals surface area contributed by atoms with Crippen molar-refractivity contribution in [3.63, 3.8) is 0 Å². The minimum absolute atomic E-state index is 0.00904. The fourth-order valence-electron chi connectivity index (χ4n) is 1.48. The molecule has 2 aromatic rings. The molecule has 100 valence electrons. The van der Waals surface area contributed by atoms with E-state index in [-0.39, 0.29) is 18.5 Å². The maximum atomic E-state index is 12.1. The van der Waals surface area contributed by atoms with Gasteiger partial charge < -0.3 is 5.11 Å². The summed E-state index contributed by atoms with van der Waals surface area (Å²) in [6.07, 6.45) is 3.22. The molecule has 6 nitrogen and oxygen atoms in total. The van der Waals surface area contributed by atoms with Gasteiger partial charge in [-0.15, -0.1) is 5.10 Å². The number of carbonyl (C=O) groups excluding carboxylic acids is 1. The second kappa shape index (κ2) is 6.97. The normalized spacial score (nSPS) is 9.45. The molecule has 0 fully saturated rings. The standard InChI is InChI=1S/C14H12N4O2/c19-10-4-3-6-11-5-1-2-7-12(11)13(20)17-14-15-8-9-16-18-14/h1-2,5,7-9,19H,4,10H2,(H,15,17,18,20). The van der Waals surface area contributed by atoms with E-state index in [9.17, 15) is 4.79 Å². The summed E-state index contributed by atoms with van der Waals surface area (Å²) in [6, 6.07) is 6.94. The van der Waals surface area contributed by atoms with Gasteiger partial charge in [0, 0.05) is 12.0 Å². The van der Waals surface area contributed by atoms with Crippen molar-refractivity contribution < 1.29 is 9.90 Å². The summed E-state index contributed by atoms with van der Waals surface area (Å²) in [6.45, 7) is -0.00904. The van der Waals surface area contributed by atoms with E-state index in [0.717, 1.165) is 0 Å². The van der Waals surface area contributed by atoms with Crippen LogP contribution in [0.4, 0.5) is 5.95 Å². The molecule has 0 spiro atoms. The summed E-state index contributed by atoms with van der Waals surface area (Å²) in [7, 11) is 0. The Morgan fingerprint density at radius 2 is 2.15 bits per heavy atom. The van der Waals surface area contributed by atoms with Crippen LogP contribution in [0.15, 0.2) is 36.7 Å². The molecule has 0 saturated heterocycles. The number of nitrogens with zero attached hydrogens (tertiary/aromatic N) is 3. The van der Waals surface area contributed by atoms with Crippen molar-refractivity contribution in [3.05, 3.63) is 47.8 Å². The minimum Gasteiger partial charge on any atom is -0.395 e. The predicted molar refractivity (Wildman–Crippen MR) is 72.8 cm³/mol. The highest BCUT2D eigenvalue weighted by Crippen LogP contribution is 2.09. The number of carbonyl (C=O) groups is 1. The monoisotopic (exact) mass is 268 g/mol. The van der Waals surface area contributed by atoms with E-state index in [0.29, 0.717) is 17.5 Å². The average Bonchev–Trinajstić information content (AvgIpc) is 2.49. The van der Waals surface area contributed by atoms with Gasteiger partial charge in [-0.1, -0.05) is 24.0 Å². The lowest BCUT2D eigenvalue weighted by Gasteiger charge is -2.04. The first-order chi connectivity index (χ1) is 9.81. The van der Waals surface area contributed by atoms with E-state index in [2.05, 4.69) is 32.3 Å². The van der Waals surface area contributed by atoms with E-state index in [1.165, 1.54) is 12.4 Å². The number of aromatic nitrogens is 3. The van der Waals surface area contributed by atoms with Gasteiger partial charge >= 0.3 is 0 Å². The predicted octanol–water partition coefficient (Wildman–Crippen LogP) is 0.858. The zero-order chi connectivity index (χ0) is 14.2. The van der Waals surface area contributed by atoms with Crippen LogP contribution in [0.3, 0.4) is 0 Å². The Kier molecular flexibility index (Phi) is 4.76. The Balaban J connectivity index is 2.20. The van der Waals surface area contributed by atoms with Gasteiger partial charge in [0.2, 0.25) is 5.95 Å². The summed E-state index contributed by atoms with van der Waals surface area (Å²) in [5.74, 6) is 5.42. The summed E-state index contributed by atoms with van der Waals surface area (Å²) >= 11 is 0. The molecule has 0 aliphatic carbocycles. The molecule has 2 rings (SSSR count). The number of aliphatic hydroxyl groups excluding tert-OH is 1. The van der Waals surface area contributed by atoms with E-state index in [1.54, 1.807) is 24.3 Å². The topological polar surface area (TPSA) is 88.0 Å². The summed E-state index contributed by atoms with van der Waals surface area (Å²) in [5, 5.41) is 18.6. The molecule has 0 radical (unpaired) electrons. The Hall–Kier alpha value is -2.78. The highest BCUT2D eigenvalue weighted by atomic mass is 16.2. The van der Waals surface area contributed by atoms with E-state index in [4.69, 9.17) is 5.11 Å². The summed E-state index contributed by atoms with van der Waals surface area (Å²) < 4.78 is 0. The van der Waals surface area contributed by atoms with Gasteiger partial charge in [0.05, 0.1) is 24.6 Å². The molecule has 0 aliphatic heterocycles. The van der Waals surface area contributed by atoms with Crippen molar-refractivity contribution in [1.82, 2.24) is 15.2 Å². The van der Waals surface area contributed by atoms with E-state index < -0.39 is 0 Å². The molecule has 6 heteroatoms. The average molecular weight is 268 g/mol. The zero-order valence-electron chi connectivity index (χ0n) is 10.6. The van der Waals surface area contributed by atoms with Gasteiger partial charge in [-0.05, 0) is 12.1 Å². The van der Waals surface area contributed by atoms with Crippen molar-refractivity contribution in [2.75, 3.05) is 11.9 Å². The first kappa shape index (κ1) is 13.6. The Morgan fingerprint density at radius 1 is 1.30 bits per heavy atom. The Bertz CT molecular complexity index is 647. The number of hydrogen-bond donors (Lipinski definition) is 2. The largest absolute Gasteiger partial charge is 0.395 e. The molecule has 1 amide bonds. The molecular formula is C14H12N4O2. The summed E-state index contributed by atoms with van der Waals surface area (Å²) in [4.78, 5) is 16.0. The number of hydrogen-bond acceptors (Lipinski definition) is 5. The molecule has 2 N–H and O–H groups in total. The van der Waals surface area contributed by atoms with Crippen LogP contribution in [0.1, 0.15) is 22.3 Å². The third-order valence-corrected chi connectivity index (χ3v) is 2.34. The van der Waals surface area contributed by atoms with Crippen molar-refractivity contribution in [3.8, 4) is 11.8 Å². The second-order valence-corrected chi connectivity index (χ2v) is 3.74. The number of aliphatic hydroxyl groups is 1. The summed E-state index contributed by atoms with van der Waals surface area (Å²) in [5.41, 5.74) is 1.01. The number of anilines is 1. The SMILES string of the molecule is O=C(Nc1nccnn1)c1ccccc1C#CCCO. The Morgan fingerprint density at radius 3 is 2.90 bits per heavy atom. The molecular weight excluding hydrogens is 256 g/mol. The molecule has 0 bridgehead atoms. The first-order valence-electron chi connectivity index (χ1n) is 5.95. The van der Waals surface area contributed by atoms with Crippen LogP contribution >= 0.6 is 0 Å². The molecule has 0 unspecified atom stereocenters. The van der Waals surface area contributed by atoms with Crippen LogP contribution in [-0.4, -0.2) is 32.8 Å². The minimum atomic E-state index is -0.355. The van der Waals surface area contributed by atoms with Crippen LogP contribution in [0.25, 0.3) is 0 Å². The Labute approximate surface area is 115 Å². The van der Waals surface area contributed by atoms with Crippen LogP contribution in [0.2, 0.25) is 0 Å². The van der Waals surface area contributed by atoms with Gasteiger partial charge in [-0.25, -0.2) is 4.98 Å². The van der Waals surface area contributed by atoms with Crippen molar-refractivity contribution in [1.29, 1.82) is 0 Å². The molecule has 20 heavy (non-hydrogen) atoms. The molecule has 0 atom stereocenters. The first-order valence-corrected chi connectivity index (χ1v) is 5.95. The maximum absolute atomic E-state index is 12.1. The van der Waals surface area contributed by atoms with Crippen LogP contribution < -0.4 is 5.32 Å². The number of amides is 1. The van der Waals surface area contributed by atoms with E-state index >= 15 is 0 Å². The number of benzene rings is 1. The van der Waals surface area contributed by atoms with Crippen molar-refractivity contribution in [2.24, 2.45) is 0 Å². The van der Waals surface area contributed by atoms with E-state index in [1.807, 2.05) is 0 Å². The quantitative estimate of drug-likeness (QED) is 0.806.